The minimum Gasteiger partial charge on any atom is -0.444 e. The lowest BCUT2D eigenvalue weighted by atomic mass is 10.0. The van der Waals surface area contributed by atoms with Gasteiger partial charge < -0.3 is 20.3 Å². The minimum atomic E-state index is -0.545. The van der Waals surface area contributed by atoms with Crippen molar-refractivity contribution in [1.82, 2.24) is 15.5 Å². The fraction of sp³-hybridized carbons (Fsp3) is 0.812. The van der Waals surface area contributed by atoms with Gasteiger partial charge in [0.2, 0.25) is 11.8 Å². The number of piperidine rings is 1. The Morgan fingerprint density at radius 1 is 1.17 bits per heavy atom. The second-order valence-corrected chi connectivity index (χ2v) is 6.75. The van der Waals surface area contributed by atoms with E-state index in [1.54, 1.807) is 20.8 Å². The number of carbonyl (C=O) groups excluding carboxylic acids is 3. The number of likely N-dealkylation sites (tertiary alicyclic amines) is 1. The third kappa shape index (κ3) is 7.85. The smallest absolute Gasteiger partial charge is 0.407 e. The van der Waals surface area contributed by atoms with Gasteiger partial charge in [0.05, 0.1) is 0 Å². The average Bonchev–Trinajstić information content (AvgIpc) is 2.45. The van der Waals surface area contributed by atoms with Crippen molar-refractivity contribution in [2.75, 3.05) is 19.6 Å². The van der Waals surface area contributed by atoms with Crippen molar-refractivity contribution in [3.63, 3.8) is 0 Å². The maximum atomic E-state index is 11.9. The highest BCUT2D eigenvalue weighted by molar-refractivity contribution is 5.78. The highest BCUT2D eigenvalue weighted by Crippen LogP contribution is 2.11. The molecule has 0 radical (unpaired) electrons. The van der Waals surface area contributed by atoms with E-state index in [4.69, 9.17) is 4.74 Å². The minimum absolute atomic E-state index is 0.0960. The van der Waals surface area contributed by atoms with Crippen molar-refractivity contribution >= 4 is 17.9 Å². The van der Waals surface area contributed by atoms with Gasteiger partial charge in [0.1, 0.15) is 5.60 Å². The van der Waals surface area contributed by atoms with Crippen molar-refractivity contribution in [2.24, 2.45) is 0 Å². The Labute approximate surface area is 138 Å². The van der Waals surface area contributed by atoms with Crippen molar-refractivity contribution in [3.8, 4) is 0 Å². The summed E-state index contributed by atoms with van der Waals surface area (Å²) in [5.41, 5.74) is -0.545. The number of hydrogen-bond donors (Lipinski definition) is 2. The van der Waals surface area contributed by atoms with E-state index in [1.807, 2.05) is 11.8 Å². The Morgan fingerprint density at radius 2 is 1.78 bits per heavy atom. The summed E-state index contributed by atoms with van der Waals surface area (Å²) in [6.07, 6.45) is 1.77. The van der Waals surface area contributed by atoms with E-state index in [0.29, 0.717) is 19.5 Å². The summed E-state index contributed by atoms with van der Waals surface area (Å²) in [4.78, 5) is 36.7. The molecule has 7 heteroatoms. The number of rotatable bonds is 5. The van der Waals surface area contributed by atoms with Gasteiger partial charge in [-0.05, 0) is 33.6 Å². The molecule has 23 heavy (non-hydrogen) atoms. The molecule has 0 atom stereocenters. The number of hydrogen-bond acceptors (Lipinski definition) is 4. The van der Waals surface area contributed by atoms with Crippen LogP contribution in [0.15, 0.2) is 0 Å². The summed E-state index contributed by atoms with van der Waals surface area (Å²) in [6.45, 7) is 8.84. The third-order valence-electron chi connectivity index (χ3n) is 3.54. The van der Waals surface area contributed by atoms with Crippen molar-refractivity contribution in [2.45, 2.75) is 65.0 Å². The number of nitrogens with one attached hydrogen (secondary N) is 2. The molecule has 0 aromatic heterocycles. The highest BCUT2D eigenvalue weighted by atomic mass is 16.6. The fourth-order valence-corrected chi connectivity index (χ4v) is 2.39. The zero-order chi connectivity index (χ0) is 17.5. The second-order valence-electron chi connectivity index (χ2n) is 6.75. The average molecular weight is 327 g/mol. The normalized spacial score (nSPS) is 15.9. The van der Waals surface area contributed by atoms with E-state index >= 15 is 0 Å². The number of alkyl carbamates (subject to hydrolysis) is 1. The predicted molar refractivity (Wildman–Crippen MR) is 86.9 cm³/mol. The maximum absolute atomic E-state index is 11.9. The van der Waals surface area contributed by atoms with Crippen LogP contribution in [-0.4, -0.2) is 54.1 Å². The van der Waals surface area contributed by atoms with Crippen LogP contribution in [0.25, 0.3) is 0 Å². The molecule has 0 spiro atoms. The quantitative estimate of drug-likeness (QED) is 0.799. The summed E-state index contributed by atoms with van der Waals surface area (Å²) in [7, 11) is 0. The first-order chi connectivity index (χ1) is 10.7. The number of amides is 3. The summed E-state index contributed by atoms with van der Waals surface area (Å²) in [6, 6.07) is 0.102. The van der Waals surface area contributed by atoms with Crippen LogP contribution in [0.2, 0.25) is 0 Å². The zero-order valence-electron chi connectivity index (χ0n) is 14.6. The van der Waals surface area contributed by atoms with Gasteiger partial charge in [-0.2, -0.15) is 0 Å². The van der Waals surface area contributed by atoms with Crippen LogP contribution in [-0.2, 0) is 14.3 Å². The Morgan fingerprint density at radius 3 is 2.30 bits per heavy atom. The van der Waals surface area contributed by atoms with Crippen LogP contribution in [0.4, 0.5) is 4.79 Å². The summed E-state index contributed by atoms with van der Waals surface area (Å²) in [5, 5.41) is 5.51. The molecule has 1 heterocycles. The fourth-order valence-electron chi connectivity index (χ4n) is 2.39. The van der Waals surface area contributed by atoms with Gasteiger partial charge in [-0.15, -0.1) is 0 Å². The molecule has 1 fully saturated rings. The van der Waals surface area contributed by atoms with Crippen LogP contribution in [0.1, 0.15) is 53.4 Å². The Hall–Kier alpha value is -1.79. The molecule has 0 aromatic carbocycles. The van der Waals surface area contributed by atoms with E-state index in [0.717, 1.165) is 12.8 Å². The molecule has 0 saturated carbocycles. The molecule has 1 rings (SSSR count). The Kier molecular flexibility index (Phi) is 7.32. The lowest BCUT2D eigenvalue weighted by molar-refractivity contribution is -0.132. The molecule has 0 unspecified atom stereocenters. The van der Waals surface area contributed by atoms with Crippen molar-refractivity contribution in [1.29, 1.82) is 0 Å². The van der Waals surface area contributed by atoms with Crippen LogP contribution >= 0.6 is 0 Å². The predicted octanol–water partition coefficient (Wildman–Crippen LogP) is 1.42. The molecule has 0 aromatic rings. The Balaban J connectivity index is 2.18. The molecule has 1 aliphatic rings. The number of nitrogens with zero attached hydrogens (tertiary/aromatic N) is 1. The third-order valence-corrected chi connectivity index (χ3v) is 3.54. The van der Waals surface area contributed by atoms with E-state index < -0.39 is 11.7 Å². The lowest BCUT2D eigenvalue weighted by Gasteiger charge is -2.32. The molecular weight excluding hydrogens is 298 g/mol. The molecular formula is C16H29N3O4. The van der Waals surface area contributed by atoms with Crippen LogP contribution < -0.4 is 10.6 Å². The summed E-state index contributed by atoms with van der Waals surface area (Å²) < 4.78 is 5.10. The van der Waals surface area contributed by atoms with Crippen LogP contribution in [0, 0.1) is 0 Å². The first kappa shape index (κ1) is 19.3. The zero-order valence-corrected chi connectivity index (χ0v) is 14.6. The molecule has 1 saturated heterocycles. The van der Waals surface area contributed by atoms with Crippen molar-refractivity contribution < 1.29 is 19.1 Å². The number of ether oxygens (including phenoxy) is 1. The largest absolute Gasteiger partial charge is 0.444 e. The van der Waals surface area contributed by atoms with Crippen LogP contribution in [0.5, 0.6) is 0 Å². The van der Waals surface area contributed by atoms with Gasteiger partial charge in [-0.3, -0.25) is 9.59 Å². The van der Waals surface area contributed by atoms with E-state index in [9.17, 15) is 14.4 Å². The lowest BCUT2D eigenvalue weighted by Crippen LogP contribution is -2.46. The van der Waals surface area contributed by atoms with Gasteiger partial charge >= 0.3 is 6.09 Å². The first-order valence-corrected chi connectivity index (χ1v) is 8.25. The topological polar surface area (TPSA) is 87.7 Å². The molecule has 7 nitrogen and oxygen atoms in total. The van der Waals surface area contributed by atoms with E-state index in [1.165, 1.54) is 0 Å². The molecule has 2 N–H and O–H groups in total. The van der Waals surface area contributed by atoms with Gasteiger partial charge in [0.25, 0.3) is 0 Å². The SMILES string of the molecule is CCC(=O)N1CCC(NC(=O)CCNC(=O)OC(C)(C)C)CC1. The monoisotopic (exact) mass is 327 g/mol. The molecule has 0 bridgehead atoms. The molecule has 132 valence electrons. The standard InChI is InChI=1S/C16H29N3O4/c1-5-14(21)19-10-7-12(8-11-19)18-13(20)6-9-17-15(22)23-16(2,3)4/h12H,5-11H2,1-4H3,(H,17,22)(H,18,20). The summed E-state index contributed by atoms with van der Waals surface area (Å²) in [5.74, 6) is 0.0673. The first-order valence-electron chi connectivity index (χ1n) is 8.25. The van der Waals surface area contributed by atoms with Gasteiger partial charge in [0.15, 0.2) is 0 Å². The maximum Gasteiger partial charge on any atom is 0.407 e. The number of carbonyl (C=O) groups is 3. The second kappa shape index (κ2) is 8.74. The summed E-state index contributed by atoms with van der Waals surface area (Å²) >= 11 is 0. The molecule has 0 aliphatic carbocycles. The van der Waals surface area contributed by atoms with E-state index in [2.05, 4.69) is 10.6 Å². The van der Waals surface area contributed by atoms with Gasteiger partial charge in [0, 0.05) is 38.5 Å². The molecule has 1 aliphatic heterocycles. The van der Waals surface area contributed by atoms with E-state index in [-0.39, 0.29) is 30.8 Å². The van der Waals surface area contributed by atoms with Gasteiger partial charge in [-0.1, -0.05) is 6.92 Å². The van der Waals surface area contributed by atoms with Crippen LogP contribution in [0.3, 0.4) is 0 Å². The Bertz CT molecular complexity index is 424. The molecule has 3 amide bonds. The highest BCUT2D eigenvalue weighted by Gasteiger charge is 2.23. The van der Waals surface area contributed by atoms with Crippen molar-refractivity contribution in [3.05, 3.63) is 0 Å². The van der Waals surface area contributed by atoms with Gasteiger partial charge in [-0.25, -0.2) is 4.79 Å².